The molecule has 1 aromatic heterocycles. The summed E-state index contributed by atoms with van der Waals surface area (Å²) in [4.78, 5) is 16.7. The molecule has 1 N–H and O–H groups in total. The first-order valence-electron chi connectivity index (χ1n) is 10.5. The van der Waals surface area contributed by atoms with Gasteiger partial charge in [-0.2, -0.15) is 0 Å². The second kappa shape index (κ2) is 9.47. The van der Waals surface area contributed by atoms with E-state index in [2.05, 4.69) is 27.3 Å². The van der Waals surface area contributed by atoms with E-state index in [9.17, 15) is 4.79 Å². The summed E-state index contributed by atoms with van der Waals surface area (Å²) in [5, 5.41) is 11.8. The summed E-state index contributed by atoms with van der Waals surface area (Å²) in [5.41, 5.74) is 3.84. The van der Waals surface area contributed by atoms with E-state index < -0.39 is 0 Å². The minimum absolute atomic E-state index is 0.0542. The van der Waals surface area contributed by atoms with E-state index in [4.69, 9.17) is 4.74 Å². The van der Waals surface area contributed by atoms with Crippen molar-refractivity contribution in [1.29, 1.82) is 0 Å². The van der Waals surface area contributed by atoms with Crippen LogP contribution in [0.5, 0.6) is 5.75 Å². The number of nitrogens with zero attached hydrogens (tertiary/aromatic N) is 4. The molecule has 1 aliphatic heterocycles. The maximum absolute atomic E-state index is 12.7. The van der Waals surface area contributed by atoms with Gasteiger partial charge < -0.3 is 19.9 Å². The zero-order chi connectivity index (χ0) is 21.6. The van der Waals surface area contributed by atoms with Gasteiger partial charge in [-0.15, -0.1) is 10.2 Å². The minimum Gasteiger partial charge on any atom is -0.497 e. The molecular weight excluding hydrogens is 390 g/mol. The van der Waals surface area contributed by atoms with Gasteiger partial charge in [-0.05, 0) is 54.4 Å². The Hall–Kier alpha value is -3.61. The summed E-state index contributed by atoms with van der Waals surface area (Å²) < 4.78 is 5.20. The van der Waals surface area contributed by atoms with E-state index in [0.717, 1.165) is 53.6 Å². The molecule has 1 saturated heterocycles. The number of piperazine rings is 1. The molecule has 2 heterocycles. The molecule has 3 aromatic rings. The fraction of sp³-hybridized carbons (Fsp3) is 0.292. The monoisotopic (exact) mass is 417 g/mol. The SMILES string of the molecule is CCc1ccccc1NC(=O)N1CCN(c2ccc(-c3ccc(OC)cc3)nn2)CC1. The average molecular weight is 418 g/mol. The molecule has 2 aromatic carbocycles. The molecule has 7 nitrogen and oxygen atoms in total. The number of amides is 2. The molecule has 2 amide bonds. The van der Waals surface area contributed by atoms with Crippen LogP contribution in [0.25, 0.3) is 11.3 Å². The number of nitrogens with one attached hydrogen (secondary N) is 1. The van der Waals surface area contributed by atoms with E-state index in [-0.39, 0.29) is 6.03 Å². The quantitative estimate of drug-likeness (QED) is 0.678. The summed E-state index contributed by atoms with van der Waals surface area (Å²) in [6.07, 6.45) is 0.884. The highest BCUT2D eigenvalue weighted by molar-refractivity contribution is 5.90. The lowest BCUT2D eigenvalue weighted by Crippen LogP contribution is -2.50. The molecule has 0 saturated carbocycles. The van der Waals surface area contributed by atoms with Crippen molar-refractivity contribution < 1.29 is 9.53 Å². The van der Waals surface area contributed by atoms with E-state index in [0.29, 0.717) is 13.1 Å². The normalized spacial score (nSPS) is 13.7. The average Bonchev–Trinajstić information content (AvgIpc) is 2.84. The van der Waals surface area contributed by atoms with Gasteiger partial charge >= 0.3 is 6.03 Å². The first-order valence-corrected chi connectivity index (χ1v) is 10.5. The van der Waals surface area contributed by atoms with Crippen molar-refractivity contribution in [3.8, 4) is 17.0 Å². The zero-order valence-electron chi connectivity index (χ0n) is 17.9. The number of methoxy groups -OCH3 is 1. The van der Waals surface area contributed by atoms with Gasteiger partial charge in [0.25, 0.3) is 0 Å². The summed E-state index contributed by atoms with van der Waals surface area (Å²) >= 11 is 0. The van der Waals surface area contributed by atoms with Gasteiger partial charge in [0, 0.05) is 37.4 Å². The van der Waals surface area contributed by atoms with Gasteiger partial charge in [0.1, 0.15) is 5.75 Å². The van der Waals surface area contributed by atoms with Crippen molar-refractivity contribution >= 4 is 17.5 Å². The van der Waals surface area contributed by atoms with Crippen molar-refractivity contribution in [3.63, 3.8) is 0 Å². The summed E-state index contributed by atoms with van der Waals surface area (Å²) in [6, 6.07) is 19.6. The number of carbonyl (C=O) groups excluding carboxylic acids is 1. The van der Waals surface area contributed by atoms with E-state index in [1.165, 1.54) is 0 Å². The van der Waals surface area contributed by atoms with Gasteiger partial charge in [0.15, 0.2) is 5.82 Å². The number of anilines is 2. The molecule has 0 radical (unpaired) electrons. The van der Waals surface area contributed by atoms with Gasteiger partial charge in [-0.3, -0.25) is 0 Å². The molecule has 0 bridgehead atoms. The van der Waals surface area contributed by atoms with Crippen LogP contribution in [-0.2, 0) is 6.42 Å². The van der Waals surface area contributed by atoms with Crippen LogP contribution >= 0.6 is 0 Å². The van der Waals surface area contributed by atoms with Crippen LogP contribution in [0.1, 0.15) is 12.5 Å². The number of carbonyl (C=O) groups is 1. The van der Waals surface area contributed by atoms with Crippen LogP contribution in [0.2, 0.25) is 0 Å². The standard InChI is InChI=1S/C24H27N5O2/c1-3-18-6-4-5-7-21(18)25-24(30)29-16-14-28(15-17-29)23-13-12-22(26-27-23)19-8-10-20(31-2)11-9-19/h4-13H,3,14-17H2,1-2H3,(H,25,30). The number of para-hydroxylation sites is 1. The van der Waals surface area contributed by atoms with Gasteiger partial charge in [0.05, 0.1) is 12.8 Å². The number of urea groups is 1. The van der Waals surface area contributed by atoms with Crippen LogP contribution in [0.4, 0.5) is 16.3 Å². The number of aryl methyl sites for hydroxylation is 1. The molecule has 31 heavy (non-hydrogen) atoms. The van der Waals surface area contributed by atoms with E-state index >= 15 is 0 Å². The van der Waals surface area contributed by atoms with Crippen molar-refractivity contribution in [2.75, 3.05) is 43.5 Å². The third kappa shape index (κ3) is 4.77. The first-order chi connectivity index (χ1) is 15.2. The molecule has 0 unspecified atom stereocenters. The molecule has 7 heteroatoms. The molecule has 0 spiro atoms. The molecule has 1 aliphatic rings. The van der Waals surface area contributed by atoms with Gasteiger partial charge in [-0.1, -0.05) is 25.1 Å². The number of hydrogen-bond acceptors (Lipinski definition) is 5. The molecule has 0 aliphatic carbocycles. The molecule has 0 atom stereocenters. The molecular formula is C24H27N5O2. The Morgan fingerprint density at radius 3 is 2.35 bits per heavy atom. The number of benzene rings is 2. The Balaban J connectivity index is 1.34. The summed E-state index contributed by atoms with van der Waals surface area (Å²) in [7, 11) is 1.65. The predicted molar refractivity (Wildman–Crippen MR) is 123 cm³/mol. The Morgan fingerprint density at radius 2 is 1.71 bits per heavy atom. The maximum Gasteiger partial charge on any atom is 0.321 e. The number of aromatic nitrogens is 2. The minimum atomic E-state index is -0.0542. The maximum atomic E-state index is 12.7. The van der Waals surface area contributed by atoms with Crippen molar-refractivity contribution in [1.82, 2.24) is 15.1 Å². The smallest absolute Gasteiger partial charge is 0.321 e. The summed E-state index contributed by atoms with van der Waals surface area (Å²) in [6.45, 7) is 4.81. The largest absolute Gasteiger partial charge is 0.497 e. The Kier molecular flexibility index (Phi) is 6.31. The highest BCUT2D eigenvalue weighted by atomic mass is 16.5. The van der Waals surface area contributed by atoms with Gasteiger partial charge in [-0.25, -0.2) is 4.79 Å². The van der Waals surface area contributed by atoms with Crippen LogP contribution in [0.3, 0.4) is 0 Å². The third-order valence-electron chi connectivity index (χ3n) is 5.57. The number of rotatable bonds is 5. The second-order valence-electron chi connectivity index (χ2n) is 7.42. The Morgan fingerprint density at radius 1 is 0.968 bits per heavy atom. The van der Waals surface area contributed by atoms with Crippen molar-refractivity contribution in [2.45, 2.75) is 13.3 Å². The lowest BCUT2D eigenvalue weighted by atomic mass is 10.1. The Bertz CT molecular complexity index is 1010. The molecule has 1 fully saturated rings. The highest BCUT2D eigenvalue weighted by Crippen LogP contribution is 2.22. The summed E-state index contributed by atoms with van der Waals surface area (Å²) in [5.74, 6) is 1.64. The Labute approximate surface area is 182 Å². The first kappa shape index (κ1) is 20.7. The van der Waals surface area contributed by atoms with Crippen LogP contribution in [0, 0.1) is 0 Å². The second-order valence-corrected chi connectivity index (χ2v) is 7.42. The van der Waals surface area contributed by atoms with Crippen molar-refractivity contribution in [2.24, 2.45) is 0 Å². The number of hydrogen-bond donors (Lipinski definition) is 1. The number of ether oxygens (including phenoxy) is 1. The van der Waals surface area contributed by atoms with Crippen LogP contribution in [-0.4, -0.2) is 54.4 Å². The van der Waals surface area contributed by atoms with Crippen molar-refractivity contribution in [3.05, 3.63) is 66.2 Å². The molecule has 160 valence electrons. The predicted octanol–water partition coefficient (Wildman–Crippen LogP) is 4.07. The lowest BCUT2D eigenvalue weighted by molar-refractivity contribution is 0.208. The van der Waals surface area contributed by atoms with Gasteiger partial charge in [0.2, 0.25) is 0 Å². The lowest BCUT2D eigenvalue weighted by Gasteiger charge is -2.35. The van der Waals surface area contributed by atoms with E-state index in [1.54, 1.807) is 7.11 Å². The third-order valence-corrected chi connectivity index (χ3v) is 5.57. The van der Waals surface area contributed by atoms with E-state index in [1.807, 2.05) is 65.6 Å². The topological polar surface area (TPSA) is 70.6 Å². The molecule has 4 rings (SSSR count). The fourth-order valence-electron chi connectivity index (χ4n) is 3.69. The van der Waals surface area contributed by atoms with Crippen LogP contribution < -0.4 is 15.0 Å². The fourth-order valence-corrected chi connectivity index (χ4v) is 3.69. The van der Waals surface area contributed by atoms with Crippen LogP contribution in [0.15, 0.2) is 60.7 Å². The highest BCUT2D eigenvalue weighted by Gasteiger charge is 2.22. The zero-order valence-corrected chi connectivity index (χ0v) is 17.9.